The molecule has 38 heavy (non-hydrogen) atoms. The molecule has 3 aliphatic carbocycles. The normalized spacial score (nSPS) is 49.7. The van der Waals surface area contributed by atoms with Gasteiger partial charge in [-0.2, -0.15) is 0 Å². The van der Waals surface area contributed by atoms with Crippen LogP contribution in [-0.4, -0.2) is 97.5 Å². The van der Waals surface area contributed by atoms with Gasteiger partial charge in [0.25, 0.3) is 0 Å². The van der Waals surface area contributed by atoms with E-state index < -0.39 is 22.9 Å². The van der Waals surface area contributed by atoms with Crippen molar-refractivity contribution in [2.75, 3.05) is 39.5 Å². The van der Waals surface area contributed by atoms with E-state index >= 15 is 0 Å². The van der Waals surface area contributed by atoms with Gasteiger partial charge in [0.15, 0.2) is 11.7 Å². The summed E-state index contributed by atoms with van der Waals surface area (Å²) in [5, 5.41) is 0. The molecule has 2 saturated carbocycles. The lowest BCUT2D eigenvalue weighted by atomic mass is 9.46. The highest BCUT2D eigenvalue weighted by Gasteiger charge is 3.01. The Bertz CT molecular complexity index is 1120. The summed E-state index contributed by atoms with van der Waals surface area (Å²) in [5.41, 5.74) is -0.0106. The van der Waals surface area contributed by atoms with Crippen LogP contribution in [0.25, 0.3) is 0 Å². The Morgan fingerprint density at radius 3 is 2.74 bits per heavy atom. The first-order valence-corrected chi connectivity index (χ1v) is 14.7. The van der Waals surface area contributed by atoms with Crippen LogP contribution in [0.1, 0.15) is 59.3 Å². The zero-order valence-corrected chi connectivity index (χ0v) is 22.7. The van der Waals surface area contributed by atoms with E-state index in [2.05, 4.69) is 25.7 Å². The summed E-state index contributed by atoms with van der Waals surface area (Å²) in [6.07, 6.45) is 3.79. The number of hydrogen-bond donors (Lipinski definition) is 0. The third kappa shape index (κ3) is 2.80. The first-order chi connectivity index (χ1) is 18.3. The summed E-state index contributed by atoms with van der Waals surface area (Å²) in [6, 6.07) is 0. The highest BCUT2D eigenvalue weighted by molar-refractivity contribution is 5.92. The molecule has 1 unspecified atom stereocenters. The summed E-state index contributed by atoms with van der Waals surface area (Å²) < 4.78 is 37.3. The van der Waals surface area contributed by atoms with Gasteiger partial charge in [0.2, 0.25) is 0 Å². The van der Waals surface area contributed by atoms with E-state index in [9.17, 15) is 9.59 Å². The zero-order chi connectivity index (χ0) is 26.1. The largest absolute Gasteiger partial charge is 0.458 e. The van der Waals surface area contributed by atoms with Gasteiger partial charge in [-0.1, -0.05) is 20.8 Å². The van der Waals surface area contributed by atoms with Gasteiger partial charge in [-0.25, -0.2) is 4.79 Å². The van der Waals surface area contributed by atoms with E-state index in [1.165, 1.54) is 0 Å². The molecule has 8 rings (SSSR count). The fourth-order valence-electron chi connectivity index (χ4n) is 9.46. The molecule has 8 aliphatic rings. The number of hydrogen-bond acceptors (Lipinski definition) is 9. The number of fused-ring (bicyclic) bond motifs is 4. The Kier molecular flexibility index (Phi) is 4.99. The molecule has 0 N–H and O–H groups in total. The quantitative estimate of drug-likeness (QED) is 0.279. The minimum Gasteiger partial charge on any atom is -0.458 e. The second-order valence-electron chi connectivity index (χ2n) is 13.3. The van der Waals surface area contributed by atoms with E-state index in [1.807, 2.05) is 0 Å². The molecule has 9 heteroatoms. The second-order valence-corrected chi connectivity index (χ2v) is 13.3. The monoisotopic (exact) mass is 529 g/mol. The Labute approximate surface area is 223 Å². The van der Waals surface area contributed by atoms with Crippen molar-refractivity contribution in [1.82, 2.24) is 4.90 Å². The summed E-state index contributed by atoms with van der Waals surface area (Å²) >= 11 is 0. The maximum Gasteiger partial charge on any atom is 0.334 e. The van der Waals surface area contributed by atoms with Crippen molar-refractivity contribution in [1.29, 1.82) is 0 Å². The molecule has 4 saturated heterocycles. The third-order valence-corrected chi connectivity index (χ3v) is 11.5. The maximum absolute atomic E-state index is 13.3. The number of epoxide rings is 3. The van der Waals surface area contributed by atoms with Crippen LogP contribution in [0.15, 0.2) is 11.1 Å². The molecule has 9 atom stereocenters. The smallest absolute Gasteiger partial charge is 0.334 e. The Balaban J connectivity index is 1.05. The SMILES string of the molecule is CC(C)[C@]12O[C@H]1[C@@H]1O[C@@]13[C@@]1(C)CCC4=C(COC4=O)[C@@H]1C[C@@H]1O[C@@]13C2OC(=O)CCCCN1CCOCC1. The minimum absolute atomic E-state index is 0.0636. The second kappa shape index (κ2) is 7.81. The fraction of sp³-hybridized carbons (Fsp3) is 0.862. The van der Waals surface area contributed by atoms with E-state index in [4.69, 9.17) is 28.4 Å². The van der Waals surface area contributed by atoms with Crippen LogP contribution in [0, 0.1) is 17.3 Å². The zero-order valence-electron chi connectivity index (χ0n) is 22.7. The number of rotatable bonds is 7. The molecule has 9 nitrogen and oxygen atoms in total. The van der Waals surface area contributed by atoms with Gasteiger partial charge in [-0.05, 0) is 56.1 Å². The van der Waals surface area contributed by atoms with Gasteiger partial charge in [0, 0.05) is 30.5 Å². The first kappa shape index (κ1) is 24.3. The average molecular weight is 530 g/mol. The molecule has 0 radical (unpaired) electrons. The number of carbonyl (C=O) groups excluding carboxylic acids is 2. The molecule has 208 valence electrons. The highest BCUT2D eigenvalue weighted by Crippen LogP contribution is 2.83. The molecule has 2 spiro atoms. The van der Waals surface area contributed by atoms with Crippen molar-refractivity contribution < 1.29 is 38.0 Å². The van der Waals surface area contributed by atoms with Crippen LogP contribution in [0.5, 0.6) is 0 Å². The number of esters is 2. The maximum atomic E-state index is 13.3. The number of carbonyl (C=O) groups is 2. The lowest BCUT2D eigenvalue weighted by Crippen LogP contribution is -2.70. The average Bonchev–Trinajstić information content (AvgIpc) is 3.81. The number of unbranched alkanes of at least 4 members (excludes halogenated alkanes) is 1. The van der Waals surface area contributed by atoms with Crippen LogP contribution in [0.4, 0.5) is 0 Å². The van der Waals surface area contributed by atoms with Crippen LogP contribution >= 0.6 is 0 Å². The highest BCUT2D eigenvalue weighted by atomic mass is 16.8. The molecule has 0 aromatic carbocycles. The summed E-state index contributed by atoms with van der Waals surface area (Å²) in [7, 11) is 0. The van der Waals surface area contributed by atoms with E-state index in [-0.39, 0.29) is 47.5 Å². The Hall–Kier alpha value is -1.52. The van der Waals surface area contributed by atoms with Crippen molar-refractivity contribution in [3.8, 4) is 0 Å². The van der Waals surface area contributed by atoms with Gasteiger partial charge < -0.3 is 28.4 Å². The first-order valence-electron chi connectivity index (χ1n) is 14.7. The molecule has 5 heterocycles. The van der Waals surface area contributed by atoms with Gasteiger partial charge in [0.1, 0.15) is 30.0 Å². The van der Waals surface area contributed by atoms with E-state index in [0.29, 0.717) is 19.4 Å². The van der Waals surface area contributed by atoms with Crippen LogP contribution in [-0.2, 0) is 38.0 Å². The van der Waals surface area contributed by atoms with Gasteiger partial charge in [-0.3, -0.25) is 9.69 Å². The fourth-order valence-corrected chi connectivity index (χ4v) is 9.46. The topological polar surface area (TPSA) is 103 Å². The van der Waals surface area contributed by atoms with Gasteiger partial charge in [-0.15, -0.1) is 0 Å². The van der Waals surface area contributed by atoms with E-state index in [1.54, 1.807) is 0 Å². The van der Waals surface area contributed by atoms with E-state index in [0.717, 1.165) is 69.7 Å². The molecule has 0 aromatic rings. The van der Waals surface area contributed by atoms with Gasteiger partial charge >= 0.3 is 11.9 Å². The number of ether oxygens (including phenoxy) is 6. The Morgan fingerprint density at radius 2 is 1.95 bits per heavy atom. The molecule has 5 aliphatic heterocycles. The predicted octanol–water partition coefficient (Wildman–Crippen LogP) is 2.16. The van der Waals surface area contributed by atoms with Crippen molar-refractivity contribution in [2.24, 2.45) is 17.3 Å². The standard InChI is InChI=1S/C29H39NO8/c1-16(2)27-22(37-27)23-29(38-23)26(3)8-7-17-18(15-34-24(17)32)19(26)14-20-28(29,36-20)25(27)35-21(31)6-4-5-9-30-10-12-33-13-11-30/h16,19-20,22-23,25H,4-15H2,1-3H3/t19-,20-,22-,23-,25?,26-,27-,28+,29+/m0/s1. The number of morpholine rings is 1. The van der Waals surface area contributed by atoms with Crippen molar-refractivity contribution in [3.05, 3.63) is 11.1 Å². The lowest BCUT2D eigenvalue weighted by Gasteiger charge is -2.53. The third-order valence-electron chi connectivity index (χ3n) is 11.5. The predicted molar refractivity (Wildman–Crippen MR) is 132 cm³/mol. The summed E-state index contributed by atoms with van der Waals surface area (Å²) in [4.78, 5) is 28.1. The number of cyclic esters (lactones) is 1. The van der Waals surface area contributed by atoms with Crippen LogP contribution < -0.4 is 0 Å². The molecule has 0 bridgehead atoms. The summed E-state index contributed by atoms with van der Waals surface area (Å²) in [6.45, 7) is 11.5. The Morgan fingerprint density at radius 1 is 1.13 bits per heavy atom. The van der Waals surface area contributed by atoms with Crippen molar-refractivity contribution >= 4 is 11.9 Å². The van der Waals surface area contributed by atoms with Gasteiger partial charge in [0.05, 0.1) is 19.3 Å². The molecule has 6 fully saturated rings. The minimum atomic E-state index is -0.675. The van der Waals surface area contributed by atoms with Crippen molar-refractivity contribution in [3.63, 3.8) is 0 Å². The van der Waals surface area contributed by atoms with Crippen molar-refractivity contribution in [2.45, 2.75) is 101 Å². The molecule has 0 amide bonds. The molecular weight excluding hydrogens is 490 g/mol. The molecular formula is C29H39NO8. The van der Waals surface area contributed by atoms with Crippen LogP contribution in [0.2, 0.25) is 0 Å². The number of nitrogens with zero attached hydrogens (tertiary/aromatic N) is 1. The lowest BCUT2D eigenvalue weighted by molar-refractivity contribution is -0.169. The summed E-state index contributed by atoms with van der Waals surface area (Å²) in [5.74, 6) is 0.0138. The molecule has 0 aromatic heterocycles. The van der Waals surface area contributed by atoms with Crippen LogP contribution in [0.3, 0.4) is 0 Å².